The number of aliphatic hydroxyl groups is 1. The van der Waals surface area contributed by atoms with Crippen molar-refractivity contribution in [2.75, 3.05) is 12.4 Å². The quantitative estimate of drug-likeness (QED) is 0.637. The molecule has 10 heavy (non-hydrogen) atoms. The van der Waals surface area contributed by atoms with Gasteiger partial charge in [0, 0.05) is 11.3 Å². The van der Waals surface area contributed by atoms with Crippen molar-refractivity contribution in [2.45, 2.75) is 30.6 Å². The summed E-state index contributed by atoms with van der Waals surface area (Å²) in [4.78, 5) is 0. The topological polar surface area (TPSA) is 46.2 Å². The first-order valence-corrected chi connectivity index (χ1v) is 4.86. The highest BCUT2D eigenvalue weighted by atomic mass is 32.2. The first-order chi connectivity index (χ1) is 4.83. The monoisotopic (exact) mass is 161 g/mol. The van der Waals surface area contributed by atoms with Crippen molar-refractivity contribution in [1.29, 1.82) is 0 Å². The van der Waals surface area contributed by atoms with Gasteiger partial charge >= 0.3 is 0 Å². The number of hydrogen-bond acceptors (Lipinski definition) is 3. The lowest BCUT2D eigenvalue weighted by Crippen LogP contribution is -2.27. The summed E-state index contributed by atoms with van der Waals surface area (Å²) < 4.78 is 0. The number of aliphatic hydroxyl groups excluding tert-OH is 1. The van der Waals surface area contributed by atoms with Gasteiger partial charge in [-0.25, -0.2) is 0 Å². The maximum absolute atomic E-state index is 8.66. The van der Waals surface area contributed by atoms with E-state index in [2.05, 4.69) is 0 Å². The van der Waals surface area contributed by atoms with Crippen LogP contribution in [0.5, 0.6) is 0 Å². The Morgan fingerprint density at radius 1 is 1.70 bits per heavy atom. The first-order valence-electron chi connectivity index (χ1n) is 3.81. The molecule has 60 valence electrons. The van der Waals surface area contributed by atoms with Crippen LogP contribution in [0.3, 0.4) is 0 Å². The molecule has 0 amide bonds. The molecule has 0 radical (unpaired) electrons. The normalized spacial score (nSPS) is 28.8. The maximum Gasteiger partial charge on any atom is 0.0582 e. The van der Waals surface area contributed by atoms with Gasteiger partial charge in [-0.05, 0) is 25.0 Å². The van der Waals surface area contributed by atoms with Gasteiger partial charge in [0.05, 0.1) is 6.61 Å². The highest BCUT2D eigenvalue weighted by molar-refractivity contribution is 8.00. The van der Waals surface area contributed by atoms with Crippen molar-refractivity contribution >= 4 is 11.8 Å². The van der Waals surface area contributed by atoms with E-state index in [-0.39, 0.29) is 12.6 Å². The molecule has 1 aliphatic heterocycles. The van der Waals surface area contributed by atoms with Crippen molar-refractivity contribution in [3.63, 3.8) is 0 Å². The number of nitrogens with two attached hydrogens (primary N) is 1. The van der Waals surface area contributed by atoms with Gasteiger partial charge in [-0.1, -0.05) is 0 Å². The lowest BCUT2D eigenvalue weighted by Gasteiger charge is -2.12. The summed E-state index contributed by atoms with van der Waals surface area (Å²) in [6.45, 7) is 0.136. The van der Waals surface area contributed by atoms with E-state index in [0.717, 1.165) is 11.7 Å². The molecule has 1 fully saturated rings. The highest BCUT2D eigenvalue weighted by Crippen LogP contribution is 2.28. The largest absolute Gasteiger partial charge is 0.395 e. The molecule has 2 unspecified atom stereocenters. The minimum absolute atomic E-state index is 0.00981. The standard InChI is InChI=1S/C7H15NOS/c8-6(5-9)4-7-2-1-3-10-7/h6-7,9H,1-5,8H2. The molecular weight excluding hydrogens is 146 g/mol. The van der Waals surface area contributed by atoms with Crippen molar-refractivity contribution in [1.82, 2.24) is 0 Å². The zero-order chi connectivity index (χ0) is 7.40. The molecule has 0 aromatic carbocycles. The number of hydrogen-bond donors (Lipinski definition) is 2. The molecule has 1 aliphatic rings. The minimum Gasteiger partial charge on any atom is -0.395 e. The zero-order valence-electron chi connectivity index (χ0n) is 6.12. The fourth-order valence-corrected chi connectivity index (χ4v) is 2.63. The minimum atomic E-state index is 0.00981. The van der Waals surface area contributed by atoms with Gasteiger partial charge in [-0.3, -0.25) is 0 Å². The molecule has 0 aliphatic carbocycles. The summed E-state index contributed by atoms with van der Waals surface area (Å²) in [7, 11) is 0. The molecule has 0 aromatic rings. The summed E-state index contributed by atoms with van der Waals surface area (Å²) in [6.07, 6.45) is 3.60. The molecule has 0 aromatic heterocycles. The second-order valence-corrected chi connectivity index (χ2v) is 4.22. The smallest absolute Gasteiger partial charge is 0.0582 e. The molecule has 0 spiro atoms. The molecular formula is C7H15NOS. The van der Waals surface area contributed by atoms with E-state index < -0.39 is 0 Å². The fourth-order valence-electron chi connectivity index (χ4n) is 1.24. The Morgan fingerprint density at radius 2 is 2.50 bits per heavy atom. The van der Waals surface area contributed by atoms with E-state index in [4.69, 9.17) is 10.8 Å². The third kappa shape index (κ3) is 2.48. The summed E-state index contributed by atoms with van der Waals surface area (Å²) >= 11 is 1.99. The van der Waals surface area contributed by atoms with Crippen LogP contribution in [0.25, 0.3) is 0 Å². The Hall–Kier alpha value is 0.270. The lowest BCUT2D eigenvalue weighted by atomic mass is 10.1. The van der Waals surface area contributed by atoms with Gasteiger partial charge in [0.1, 0.15) is 0 Å². The molecule has 1 rings (SSSR count). The third-order valence-corrected chi connectivity index (χ3v) is 3.25. The molecule has 2 nitrogen and oxygen atoms in total. The molecule has 1 saturated heterocycles. The first kappa shape index (κ1) is 8.37. The van der Waals surface area contributed by atoms with Crippen LogP contribution in [0.2, 0.25) is 0 Å². The lowest BCUT2D eigenvalue weighted by molar-refractivity contribution is 0.259. The second kappa shape index (κ2) is 4.21. The van der Waals surface area contributed by atoms with Crippen molar-refractivity contribution in [2.24, 2.45) is 5.73 Å². The Bertz CT molecular complexity index is 93.6. The Morgan fingerprint density at radius 3 is 3.00 bits per heavy atom. The van der Waals surface area contributed by atoms with Crippen LogP contribution in [-0.4, -0.2) is 28.8 Å². The van der Waals surface area contributed by atoms with Crippen LogP contribution in [-0.2, 0) is 0 Å². The molecule has 3 N–H and O–H groups in total. The molecule has 2 atom stereocenters. The van der Waals surface area contributed by atoms with Crippen molar-refractivity contribution in [3.8, 4) is 0 Å². The van der Waals surface area contributed by atoms with Crippen LogP contribution in [0.1, 0.15) is 19.3 Å². The van der Waals surface area contributed by atoms with E-state index >= 15 is 0 Å². The van der Waals surface area contributed by atoms with Crippen molar-refractivity contribution < 1.29 is 5.11 Å². The van der Waals surface area contributed by atoms with Gasteiger partial charge in [0.15, 0.2) is 0 Å². The van der Waals surface area contributed by atoms with E-state index in [1.807, 2.05) is 11.8 Å². The third-order valence-electron chi connectivity index (χ3n) is 1.82. The van der Waals surface area contributed by atoms with Crippen LogP contribution in [0, 0.1) is 0 Å². The van der Waals surface area contributed by atoms with Crippen LogP contribution >= 0.6 is 11.8 Å². The predicted octanol–water partition coefficient (Wildman–Crippen LogP) is 0.592. The number of rotatable bonds is 3. The Balaban J connectivity index is 2.11. The highest BCUT2D eigenvalue weighted by Gasteiger charge is 2.17. The van der Waals surface area contributed by atoms with Crippen LogP contribution in [0.15, 0.2) is 0 Å². The SMILES string of the molecule is NC(CO)CC1CCCS1. The molecule has 1 heterocycles. The Labute approximate surface area is 66.2 Å². The van der Waals surface area contributed by atoms with Gasteiger partial charge in [0.25, 0.3) is 0 Å². The van der Waals surface area contributed by atoms with Gasteiger partial charge in [-0.15, -0.1) is 0 Å². The molecule has 0 saturated carbocycles. The van der Waals surface area contributed by atoms with E-state index in [1.54, 1.807) is 0 Å². The summed E-state index contributed by atoms with van der Waals surface area (Å²) in [6, 6.07) is 0.00981. The van der Waals surface area contributed by atoms with Crippen LogP contribution in [0.4, 0.5) is 0 Å². The predicted molar refractivity (Wildman–Crippen MR) is 45.2 cm³/mol. The van der Waals surface area contributed by atoms with E-state index in [9.17, 15) is 0 Å². The summed E-state index contributed by atoms with van der Waals surface area (Å²) in [5.74, 6) is 1.28. The van der Waals surface area contributed by atoms with Gasteiger partial charge in [0.2, 0.25) is 0 Å². The van der Waals surface area contributed by atoms with Gasteiger partial charge in [-0.2, -0.15) is 11.8 Å². The molecule has 0 bridgehead atoms. The van der Waals surface area contributed by atoms with Crippen molar-refractivity contribution in [3.05, 3.63) is 0 Å². The average Bonchev–Trinajstić information content (AvgIpc) is 2.40. The Kier molecular flexibility index (Phi) is 3.52. The number of thioether (sulfide) groups is 1. The van der Waals surface area contributed by atoms with E-state index in [1.165, 1.54) is 18.6 Å². The zero-order valence-corrected chi connectivity index (χ0v) is 6.94. The average molecular weight is 161 g/mol. The van der Waals surface area contributed by atoms with E-state index in [0.29, 0.717) is 0 Å². The maximum atomic E-state index is 8.66. The second-order valence-electron chi connectivity index (χ2n) is 2.81. The summed E-state index contributed by atoms with van der Waals surface area (Å²) in [5, 5.41) is 9.39. The van der Waals surface area contributed by atoms with Crippen LogP contribution < -0.4 is 5.73 Å². The van der Waals surface area contributed by atoms with Gasteiger partial charge < -0.3 is 10.8 Å². The molecule has 3 heteroatoms. The fraction of sp³-hybridized carbons (Fsp3) is 1.00. The summed E-state index contributed by atoms with van der Waals surface area (Å²) in [5.41, 5.74) is 5.59.